The summed E-state index contributed by atoms with van der Waals surface area (Å²) in [5.74, 6) is 2.73. The van der Waals surface area contributed by atoms with Crippen LogP contribution >= 0.6 is 0 Å². The van der Waals surface area contributed by atoms with Crippen molar-refractivity contribution in [1.29, 1.82) is 0 Å². The maximum absolute atomic E-state index is 14.0. The molecule has 0 aliphatic carbocycles. The number of aromatic nitrogens is 8. The molecule has 9 heterocycles. The van der Waals surface area contributed by atoms with Crippen LogP contribution in [-0.2, 0) is 54.1 Å². The molecule has 14 rings (SSSR count). The van der Waals surface area contributed by atoms with Crippen LogP contribution < -0.4 is 72.1 Å². The Kier molecular flexibility index (Phi) is 29.7. The molecule has 4 aromatic heterocycles. The number of carbonyl (C=O) groups excluding carboxylic acids is 10. The van der Waals surface area contributed by atoms with E-state index in [1.165, 1.54) is 6.07 Å². The highest BCUT2D eigenvalue weighted by molar-refractivity contribution is 6.03. The van der Waals surface area contributed by atoms with Crippen LogP contribution in [0.3, 0.4) is 0 Å². The van der Waals surface area contributed by atoms with E-state index in [1.807, 2.05) is 19.9 Å². The summed E-state index contributed by atoms with van der Waals surface area (Å²) in [6.07, 6.45) is -2.51. The van der Waals surface area contributed by atoms with Gasteiger partial charge < -0.3 is 114 Å². The summed E-state index contributed by atoms with van der Waals surface area (Å²) in [7, 11) is 0. The lowest BCUT2D eigenvalue weighted by molar-refractivity contribution is -0.119. The number of fused-ring (bicyclic) bond motifs is 5. The minimum Gasteiger partial charge on any atom is -0.489 e. The van der Waals surface area contributed by atoms with Gasteiger partial charge in [0, 0.05) is 43.0 Å². The van der Waals surface area contributed by atoms with Crippen molar-refractivity contribution in [2.45, 2.75) is 223 Å². The van der Waals surface area contributed by atoms with E-state index >= 15 is 0 Å². The highest BCUT2D eigenvalue weighted by Crippen LogP contribution is 2.39. The van der Waals surface area contributed by atoms with Crippen LogP contribution in [0.2, 0.25) is 0 Å². The number of nitrogens with zero attached hydrogens (tertiary/aromatic N) is 8. The fourth-order valence-corrected chi connectivity index (χ4v) is 12.2. The van der Waals surface area contributed by atoms with E-state index in [1.54, 1.807) is 199 Å². The number of halogens is 1. The van der Waals surface area contributed by atoms with Crippen LogP contribution in [0.25, 0.3) is 45.8 Å². The highest BCUT2D eigenvalue weighted by Gasteiger charge is 2.36. The summed E-state index contributed by atoms with van der Waals surface area (Å²) in [5.41, 5.74) is 4.69. The monoisotopic (exact) mass is 1780 g/mol. The van der Waals surface area contributed by atoms with E-state index < -0.39 is 124 Å². The van der Waals surface area contributed by atoms with Gasteiger partial charge in [0.25, 0.3) is 29.5 Å². The molecule has 0 radical (unpaired) electrons. The van der Waals surface area contributed by atoms with Gasteiger partial charge in [-0.1, -0.05) is 16.4 Å². The number of aryl methyl sites for hydroxylation is 8. The van der Waals surface area contributed by atoms with Crippen molar-refractivity contribution in [2.75, 3.05) is 53.0 Å². The first-order chi connectivity index (χ1) is 59.8. The van der Waals surface area contributed by atoms with E-state index in [0.29, 0.717) is 128 Å². The van der Waals surface area contributed by atoms with Crippen molar-refractivity contribution in [3.05, 3.63) is 124 Å². The van der Waals surface area contributed by atoms with Gasteiger partial charge >= 0.3 is 30.5 Å². The number of ether oxygens (including phenoxy) is 9. The fourth-order valence-electron chi connectivity index (χ4n) is 12.2. The van der Waals surface area contributed by atoms with Crippen LogP contribution in [-0.4, -0.2) is 185 Å². The number of anilines is 5. The van der Waals surface area contributed by atoms with Crippen LogP contribution in [0.15, 0.2) is 90.7 Å². The van der Waals surface area contributed by atoms with Gasteiger partial charge in [0.05, 0.1) is 28.4 Å². The molecule has 5 atom stereocenters. The average molecular weight is 1780 g/mol. The van der Waals surface area contributed by atoms with E-state index in [2.05, 4.69) is 93.8 Å². The number of rotatable bonds is 9. The molecule has 0 bridgehead atoms. The molecule has 5 aromatic carbocycles. The molecule has 41 nitrogen and oxygen atoms in total. The van der Waals surface area contributed by atoms with Crippen LogP contribution in [0.1, 0.15) is 156 Å². The quantitative estimate of drug-likeness (QED) is 0.0600. The molecular weight excluding hydrogens is 1670 g/mol. The van der Waals surface area contributed by atoms with Gasteiger partial charge in [-0.15, -0.1) is 20.4 Å². The third-order valence-corrected chi connectivity index (χ3v) is 17.6. The summed E-state index contributed by atoms with van der Waals surface area (Å²) in [6, 6.07) is 16.2. The van der Waals surface area contributed by atoms with Crippen LogP contribution in [0.4, 0.5) is 56.8 Å². The van der Waals surface area contributed by atoms with Crippen LogP contribution in [0, 0.1) is 54.3 Å². The van der Waals surface area contributed by atoms with Gasteiger partial charge in [-0.25, -0.2) is 28.4 Å². The molecule has 5 aliphatic rings. The van der Waals surface area contributed by atoms with Gasteiger partial charge in [0.15, 0.2) is 5.82 Å². The molecule has 9 aromatic rings. The Labute approximate surface area is 734 Å². The van der Waals surface area contributed by atoms with E-state index in [9.17, 15) is 52.3 Å². The van der Waals surface area contributed by atoms with Gasteiger partial charge in [-0.2, -0.15) is 9.97 Å². The molecule has 10 amide bonds. The molecule has 684 valence electrons. The van der Waals surface area contributed by atoms with Gasteiger partial charge in [-0.05, 0) is 233 Å². The van der Waals surface area contributed by atoms with E-state index in [0.717, 1.165) is 22.3 Å². The number of alkyl carbamates (subject to hydrolysis) is 5. The topological polar surface area (TPSA) is 530 Å². The number of hydrogen-bond donors (Lipinski definition) is 10. The zero-order valence-corrected chi connectivity index (χ0v) is 74.9. The Morgan fingerprint density at radius 3 is 1.10 bits per heavy atom. The normalized spacial score (nSPS) is 16.9. The predicted molar refractivity (Wildman–Crippen MR) is 458 cm³/mol. The second-order valence-electron chi connectivity index (χ2n) is 34.8. The molecule has 5 aliphatic heterocycles. The smallest absolute Gasteiger partial charge is 0.408 e. The predicted octanol–water partition coefficient (Wildman–Crippen LogP) is 12.6. The SMILES string of the molecule is Cc1cc(F)c2c(c1)CC[C@H](NC(=O)OC(C)(C)C)C(=O)N2.Cc1nc(-c2ccc3c(c2)NC(=O)[C@@H](NC(=O)OC(C)(C)C)CO3)no1.Cc1nnc(-c2cc3c(cc2C)OC[C@H](NC(=O)OC(C)(C)C)C(=O)N3)o1.Cc1nnc(-c2cc3c(cc2C)OC[C@H](NC(=O)OC(C)(C)C)C(=O)N3)o1.Cc1noc(-c2ccc3c(c2)NC(=O)[C@@H](NC(=O)OC(C)(C)C)CO3)n1. The van der Waals surface area contributed by atoms with Crippen molar-refractivity contribution >= 4 is 88.4 Å². The van der Waals surface area contributed by atoms with Crippen molar-refractivity contribution < 1.29 is 113 Å². The molecule has 0 unspecified atom stereocenters. The first kappa shape index (κ1) is 95.7. The summed E-state index contributed by atoms with van der Waals surface area (Å²) >= 11 is 0. The molecular formula is C86H105FN18O23. The maximum atomic E-state index is 14.0. The summed E-state index contributed by atoms with van der Waals surface area (Å²) in [4.78, 5) is 130. The van der Waals surface area contributed by atoms with Gasteiger partial charge in [0.2, 0.25) is 41.2 Å². The van der Waals surface area contributed by atoms with Crippen molar-refractivity contribution in [3.8, 4) is 68.7 Å². The lowest BCUT2D eigenvalue weighted by Gasteiger charge is -2.22. The number of nitrogens with one attached hydrogen (secondary N) is 10. The largest absolute Gasteiger partial charge is 0.489 e. The Balaban J connectivity index is 0.000000167. The zero-order chi connectivity index (χ0) is 93.8. The zero-order valence-electron chi connectivity index (χ0n) is 74.9. The highest BCUT2D eigenvalue weighted by atomic mass is 19.1. The Hall–Kier alpha value is -14.5. The lowest BCUT2D eigenvalue weighted by Crippen LogP contribution is -2.48. The molecule has 0 spiro atoms. The Morgan fingerprint density at radius 2 is 0.750 bits per heavy atom. The molecule has 128 heavy (non-hydrogen) atoms. The number of hydrogen-bond acceptors (Lipinski definition) is 31. The van der Waals surface area contributed by atoms with Crippen molar-refractivity contribution in [3.63, 3.8) is 0 Å². The maximum Gasteiger partial charge on any atom is 0.408 e. The third-order valence-electron chi connectivity index (χ3n) is 17.6. The first-order valence-corrected chi connectivity index (χ1v) is 40.4. The molecule has 42 heteroatoms. The van der Waals surface area contributed by atoms with E-state index in [-0.39, 0.29) is 32.1 Å². The number of benzene rings is 5. The van der Waals surface area contributed by atoms with E-state index in [4.69, 9.17) is 60.5 Å². The second kappa shape index (κ2) is 39.8. The lowest BCUT2D eigenvalue weighted by atomic mass is 10.0. The minimum absolute atomic E-state index is 0.0151. The van der Waals surface area contributed by atoms with Crippen molar-refractivity contribution in [2.24, 2.45) is 0 Å². The fraction of sp³-hybridized carbons (Fsp3) is 0.442. The molecule has 10 N–H and O–H groups in total. The molecule has 0 saturated heterocycles. The summed E-state index contributed by atoms with van der Waals surface area (Å²) in [5, 5.41) is 49.4. The second-order valence-corrected chi connectivity index (χ2v) is 34.8. The Bertz CT molecular complexity index is 5340. The summed E-state index contributed by atoms with van der Waals surface area (Å²) in [6.45, 7) is 38.5. The number of amides is 10. The summed E-state index contributed by atoms with van der Waals surface area (Å²) < 4.78 is 83.6. The van der Waals surface area contributed by atoms with Gasteiger partial charge in [0.1, 0.15) is 113 Å². The first-order valence-electron chi connectivity index (χ1n) is 40.4. The molecule has 0 fully saturated rings. The van der Waals surface area contributed by atoms with Crippen LogP contribution in [0.5, 0.6) is 23.0 Å². The van der Waals surface area contributed by atoms with Crippen molar-refractivity contribution in [1.82, 2.24) is 67.3 Å². The Morgan fingerprint density at radius 1 is 0.391 bits per heavy atom. The molecule has 0 saturated carbocycles. The number of carbonyl (C=O) groups is 10. The minimum atomic E-state index is -0.887. The third kappa shape index (κ3) is 27.7. The standard InChI is InChI=1S/2C18H22N4O5.2C17H20N4O5.C16H21FN2O3/c2*1-9-6-14-12(7-11(9)16-22-21-10(2)26-16)19-15(23)13(8-25-14)20-17(24)27-18(3,4)5;1-9-18-15(26-21-9)10-5-6-13-11(7-10)19-14(22)12(8-24-13)20-16(23)25-17(2,3)4;1-9-18-14(21-26-9)10-5-6-13-11(7-10)19-15(22)12(8-24-13)20-16(23)25-17(2,3)4;1-9-7-10-5-6-12(18-15(21)22-16(2,3)4)14(20)19-13(10)11(17)8-9/h2*6-7,13H,8H2,1-5H3,(H,19,23)(H,20,24);2*5-7,12H,8H2,1-4H3,(H,19,22)(H,20,23);7-8,12H,5-6H2,1-4H3,(H,18,21)(H,19,20)/t2*13-;3*12-/m00000/s1. The van der Waals surface area contributed by atoms with Gasteiger partial charge in [-0.3, -0.25) is 24.0 Å². The average Bonchev–Trinajstić information content (AvgIpc) is 1.56.